The normalized spacial score (nSPS) is 11.4. The van der Waals surface area contributed by atoms with Gasteiger partial charge in [0.1, 0.15) is 12.2 Å². The molecular weight excluding hydrogens is 255 g/mol. The fourth-order valence-corrected chi connectivity index (χ4v) is 0.989. The van der Waals surface area contributed by atoms with Gasteiger partial charge < -0.3 is 4.74 Å². The average Bonchev–Trinajstić information content (AvgIpc) is 2.14. The monoisotopic (exact) mass is 258 g/mol. The minimum Gasteiger partial charge on any atom is -0.387 e. The van der Waals surface area contributed by atoms with Crippen molar-refractivity contribution in [1.29, 1.82) is 0 Å². The lowest BCUT2D eigenvalue weighted by atomic mass is 10.2. The maximum absolute atomic E-state index is 12.7. The lowest BCUT2D eigenvalue weighted by molar-refractivity contribution is -0.386. The van der Waals surface area contributed by atoms with Crippen LogP contribution in [0.3, 0.4) is 0 Å². The Morgan fingerprint density at radius 2 is 2.06 bits per heavy atom. The van der Waals surface area contributed by atoms with Crippen LogP contribution in [0.25, 0.3) is 0 Å². The van der Waals surface area contributed by atoms with Crippen molar-refractivity contribution >= 4 is 5.69 Å². The first-order valence-corrected chi connectivity index (χ1v) is 3.90. The number of ether oxygens (including phenoxy) is 1. The molecule has 0 aliphatic rings. The minimum atomic E-state index is -5.25. The van der Waals surface area contributed by atoms with Gasteiger partial charge in [-0.3, -0.25) is 10.1 Å². The summed E-state index contributed by atoms with van der Waals surface area (Å²) in [6.07, 6.45) is -5.25. The minimum absolute atomic E-state index is 0.206. The number of nitrogens with zero attached hydrogens (tertiary/aromatic N) is 2. The van der Waals surface area contributed by atoms with Crippen LogP contribution in [0.5, 0.6) is 5.88 Å². The molecule has 0 aliphatic heterocycles. The van der Waals surface area contributed by atoms with E-state index in [4.69, 9.17) is 0 Å². The molecule has 0 amide bonds. The van der Waals surface area contributed by atoms with Crippen molar-refractivity contribution in [2.75, 3.05) is 0 Å². The highest BCUT2D eigenvalue weighted by Crippen LogP contribution is 2.31. The van der Waals surface area contributed by atoms with E-state index < -0.39 is 41.0 Å². The van der Waals surface area contributed by atoms with Crippen LogP contribution in [-0.4, -0.2) is 16.3 Å². The van der Waals surface area contributed by atoms with Crippen LogP contribution in [0.4, 0.5) is 27.6 Å². The second-order valence-corrected chi connectivity index (χ2v) is 2.69. The average molecular weight is 258 g/mol. The SMILES string of the molecule is O=[N+]([O-])c1cc(F)nc(OC(F)(F)F)c1CF. The zero-order valence-electron chi connectivity index (χ0n) is 7.79. The largest absolute Gasteiger partial charge is 0.574 e. The highest BCUT2D eigenvalue weighted by molar-refractivity contribution is 5.45. The molecule has 1 aromatic rings. The van der Waals surface area contributed by atoms with Crippen molar-refractivity contribution in [2.24, 2.45) is 0 Å². The maximum Gasteiger partial charge on any atom is 0.574 e. The molecule has 1 rings (SSSR count). The first kappa shape index (κ1) is 13.1. The smallest absolute Gasteiger partial charge is 0.387 e. The van der Waals surface area contributed by atoms with E-state index in [0.717, 1.165) is 0 Å². The van der Waals surface area contributed by atoms with Crippen LogP contribution >= 0.6 is 0 Å². The van der Waals surface area contributed by atoms with Crippen LogP contribution < -0.4 is 4.74 Å². The Kier molecular flexibility index (Phi) is 3.44. The van der Waals surface area contributed by atoms with Gasteiger partial charge in [-0.05, 0) is 0 Å². The molecular formula is C7H3F5N2O3. The van der Waals surface area contributed by atoms with Gasteiger partial charge in [0.15, 0.2) is 0 Å². The Bertz CT molecular complexity index is 448. The molecule has 0 radical (unpaired) electrons. The van der Waals surface area contributed by atoms with E-state index in [1.165, 1.54) is 0 Å². The molecule has 0 fully saturated rings. The highest BCUT2D eigenvalue weighted by atomic mass is 19.4. The lowest BCUT2D eigenvalue weighted by Crippen LogP contribution is -2.19. The van der Waals surface area contributed by atoms with Gasteiger partial charge >= 0.3 is 6.36 Å². The Morgan fingerprint density at radius 1 is 1.47 bits per heavy atom. The van der Waals surface area contributed by atoms with Crippen LogP contribution in [0.1, 0.15) is 5.56 Å². The topological polar surface area (TPSA) is 65.3 Å². The van der Waals surface area contributed by atoms with Crippen molar-refractivity contribution in [2.45, 2.75) is 13.0 Å². The van der Waals surface area contributed by atoms with E-state index in [1.54, 1.807) is 0 Å². The van der Waals surface area contributed by atoms with E-state index >= 15 is 0 Å². The van der Waals surface area contributed by atoms with E-state index in [2.05, 4.69) is 9.72 Å². The van der Waals surface area contributed by atoms with E-state index in [-0.39, 0.29) is 6.07 Å². The Morgan fingerprint density at radius 3 is 2.47 bits per heavy atom. The third-order valence-electron chi connectivity index (χ3n) is 1.57. The molecule has 0 saturated heterocycles. The van der Waals surface area contributed by atoms with Crippen molar-refractivity contribution in [1.82, 2.24) is 4.98 Å². The molecule has 94 valence electrons. The molecule has 1 aromatic heterocycles. The van der Waals surface area contributed by atoms with Crippen molar-refractivity contribution < 1.29 is 31.6 Å². The lowest BCUT2D eigenvalue weighted by Gasteiger charge is -2.10. The predicted molar refractivity (Wildman–Crippen MR) is 42.3 cm³/mol. The van der Waals surface area contributed by atoms with Gasteiger partial charge in [-0.25, -0.2) is 4.39 Å². The second-order valence-electron chi connectivity index (χ2n) is 2.69. The summed E-state index contributed by atoms with van der Waals surface area (Å²) in [5, 5.41) is 10.4. The summed E-state index contributed by atoms with van der Waals surface area (Å²) in [4.78, 5) is 11.7. The number of hydrogen-bond donors (Lipinski definition) is 0. The number of nitro groups is 1. The fourth-order valence-electron chi connectivity index (χ4n) is 0.989. The van der Waals surface area contributed by atoms with Gasteiger partial charge in [0, 0.05) is 0 Å². The van der Waals surface area contributed by atoms with Gasteiger partial charge in [-0.2, -0.15) is 9.37 Å². The number of hydrogen-bond acceptors (Lipinski definition) is 4. The van der Waals surface area contributed by atoms with E-state index in [0.29, 0.717) is 0 Å². The van der Waals surface area contributed by atoms with Crippen molar-refractivity contribution in [3.63, 3.8) is 0 Å². The number of halogens is 5. The first-order valence-electron chi connectivity index (χ1n) is 3.90. The summed E-state index contributed by atoms with van der Waals surface area (Å²) < 4.78 is 63.8. The molecule has 0 saturated carbocycles. The molecule has 5 nitrogen and oxygen atoms in total. The zero-order valence-corrected chi connectivity index (χ0v) is 7.79. The number of aromatic nitrogens is 1. The molecule has 0 aliphatic carbocycles. The van der Waals surface area contributed by atoms with E-state index in [1.807, 2.05) is 0 Å². The standard InChI is InChI=1S/C7H3F5N2O3/c8-2-3-4(14(15)16)1-5(9)13-6(3)17-7(10,11)12/h1H,2H2. The number of pyridine rings is 1. The summed E-state index contributed by atoms with van der Waals surface area (Å²) in [6.45, 7) is -1.64. The quantitative estimate of drug-likeness (QED) is 0.361. The molecule has 0 unspecified atom stereocenters. The highest BCUT2D eigenvalue weighted by Gasteiger charge is 2.35. The molecule has 0 atom stereocenters. The van der Waals surface area contributed by atoms with Gasteiger partial charge in [-0.1, -0.05) is 0 Å². The van der Waals surface area contributed by atoms with Crippen LogP contribution in [0.2, 0.25) is 0 Å². The van der Waals surface area contributed by atoms with Crippen LogP contribution in [0.15, 0.2) is 6.07 Å². The molecule has 0 aromatic carbocycles. The molecule has 0 bridgehead atoms. The van der Waals surface area contributed by atoms with Crippen molar-refractivity contribution in [3.8, 4) is 5.88 Å². The molecule has 1 heterocycles. The Labute approximate surface area is 90.0 Å². The summed E-state index contributed by atoms with van der Waals surface area (Å²) in [6, 6.07) is 0.206. The van der Waals surface area contributed by atoms with Crippen LogP contribution in [0, 0.1) is 16.1 Å². The van der Waals surface area contributed by atoms with Gasteiger partial charge in [0.2, 0.25) is 11.8 Å². The fraction of sp³-hybridized carbons (Fsp3) is 0.286. The van der Waals surface area contributed by atoms with Crippen molar-refractivity contribution in [3.05, 3.63) is 27.7 Å². The summed E-state index contributed by atoms with van der Waals surface area (Å²) in [5.41, 5.74) is -2.24. The first-order chi connectivity index (χ1) is 7.74. The van der Waals surface area contributed by atoms with Gasteiger partial charge in [0.05, 0.1) is 11.0 Å². The molecule has 0 spiro atoms. The Hall–Kier alpha value is -2.00. The molecule has 0 N–H and O–H groups in total. The number of rotatable bonds is 3. The third-order valence-corrected chi connectivity index (χ3v) is 1.57. The third kappa shape index (κ3) is 3.23. The molecule has 17 heavy (non-hydrogen) atoms. The summed E-state index contributed by atoms with van der Waals surface area (Å²) in [5.74, 6) is -3.08. The second kappa shape index (κ2) is 4.47. The van der Waals surface area contributed by atoms with Gasteiger partial charge in [0.25, 0.3) is 5.69 Å². The van der Waals surface area contributed by atoms with Crippen LogP contribution in [-0.2, 0) is 6.67 Å². The summed E-state index contributed by atoms with van der Waals surface area (Å²) >= 11 is 0. The predicted octanol–water partition coefficient (Wildman–Crippen LogP) is 2.50. The zero-order chi connectivity index (χ0) is 13.2. The molecule has 10 heteroatoms. The maximum atomic E-state index is 12.7. The Balaban J connectivity index is 3.33. The van der Waals surface area contributed by atoms with E-state index in [9.17, 15) is 32.1 Å². The summed E-state index contributed by atoms with van der Waals surface area (Å²) in [7, 11) is 0. The van der Waals surface area contributed by atoms with Gasteiger partial charge in [-0.15, -0.1) is 13.2 Å². The number of alkyl halides is 4.